The van der Waals surface area contributed by atoms with Crippen LogP contribution in [-0.4, -0.2) is 5.97 Å². The maximum Gasteiger partial charge on any atom is 0.313 e. The summed E-state index contributed by atoms with van der Waals surface area (Å²) in [4.78, 5) is 11.5. The standard InChI is InChI=1S/C18H20O3/c1-2-3-4-5-6-7-8-9-10-11-12-14-17(19)21-18-15-13-16-20-18/h1,5-6,13,15-16H,7-12,14H2. The van der Waals surface area contributed by atoms with Gasteiger partial charge >= 0.3 is 5.97 Å². The number of ether oxygens (including phenoxy) is 1. The van der Waals surface area contributed by atoms with E-state index in [1.807, 2.05) is 6.08 Å². The molecule has 0 aliphatic heterocycles. The highest BCUT2D eigenvalue weighted by molar-refractivity contribution is 5.71. The lowest BCUT2D eigenvalue weighted by Gasteiger charge is -2.01. The molecule has 0 aliphatic carbocycles. The molecule has 0 radical (unpaired) electrons. The molecule has 0 aliphatic rings. The molecule has 0 N–H and O–H groups in total. The molecule has 3 heteroatoms. The Kier molecular flexibility index (Phi) is 9.08. The monoisotopic (exact) mass is 284 g/mol. The van der Waals surface area contributed by atoms with Crippen LogP contribution in [0.3, 0.4) is 0 Å². The van der Waals surface area contributed by atoms with Crippen LogP contribution in [0, 0.1) is 24.2 Å². The Labute approximate surface area is 126 Å². The van der Waals surface area contributed by atoms with Gasteiger partial charge in [-0.1, -0.05) is 31.3 Å². The minimum atomic E-state index is -0.236. The van der Waals surface area contributed by atoms with E-state index in [0.29, 0.717) is 6.42 Å². The number of hydrogen-bond acceptors (Lipinski definition) is 3. The molecule has 1 aromatic rings. The molecule has 0 atom stereocenters. The quantitative estimate of drug-likeness (QED) is 0.389. The zero-order chi connectivity index (χ0) is 15.2. The Bertz CT molecular complexity index is 521. The fraction of sp³-hybridized carbons (Fsp3) is 0.389. The molecule has 1 aromatic heterocycles. The van der Waals surface area contributed by atoms with Gasteiger partial charge in [-0.15, -0.1) is 6.42 Å². The van der Waals surface area contributed by atoms with Crippen molar-refractivity contribution in [2.45, 2.75) is 44.9 Å². The fourth-order valence-corrected chi connectivity index (χ4v) is 1.77. The summed E-state index contributed by atoms with van der Waals surface area (Å²) in [5.41, 5.74) is 0. The van der Waals surface area contributed by atoms with Gasteiger partial charge in [-0.25, -0.2) is 0 Å². The van der Waals surface area contributed by atoms with Crippen molar-refractivity contribution in [1.82, 2.24) is 0 Å². The molecule has 0 aromatic carbocycles. The number of allylic oxidation sites excluding steroid dienone is 2. The van der Waals surface area contributed by atoms with Crippen molar-refractivity contribution < 1.29 is 13.9 Å². The van der Waals surface area contributed by atoms with Crippen LogP contribution < -0.4 is 4.74 Å². The van der Waals surface area contributed by atoms with Gasteiger partial charge < -0.3 is 9.15 Å². The summed E-state index contributed by atoms with van der Waals surface area (Å²) in [6, 6.07) is 3.31. The van der Waals surface area contributed by atoms with Crippen molar-refractivity contribution in [2.24, 2.45) is 0 Å². The summed E-state index contributed by atoms with van der Waals surface area (Å²) in [5.74, 6) is 7.57. The average molecular weight is 284 g/mol. The normalized spacial score (nSPS) is 9.86. The summed E-state index contributed by atoms with van der Waals surface area (Å²) >= 11 is 0. The van der Waals surface area contributed by atoms with Gasteiger partial charge in [-0.05, 0) is 43.2 Å². The third kappa shape index (κ3) is 9.19. The number of hydrogen-bond donors (Lipinski definition) is 0. The topological polar surface area (TPSA) is 39.4 Å². The number of rotatable bonds is 9. The molecule has 0 fully saturated rings. The van der Waals surface area contributed by atoms with Gasteiger partial charge in [0.15, 0.2) is 0 Å². The Morgan fingerprint density at radius 2 is 2.10 bits per heavy atom. The van der Waals surface area contributed by atoms with Crippen LogP contribution in [0.5, 0.6) is 5.95 Å². The fourth-order valence-electron chi connectivity index (χ4n) is 1.77. The molecule has 0 saturated heterocycles. The first kappa shape index (κ1) is 16.7. The second-order valence-electron chi connectivity index (χ2n) is 4.53. The smallest absolute Gasteiger partial charge is 0.313 e. The number of terminal acetylenes is 1. The van der Waals surface area contributed by atoms with Gasteiger partial charge in [0, 0.05) is 12.5 Å². The molecule has 3 nitrogen and oxygen atoms in total. The van der Waals surface area contributed by atoms with Crippen molar-refractivity contribution in [3.63, 3.8) is 0 Å². The first-order valence-electron chi connectivity index (χ1n) is 7.18. The van der Waals surface area contributed by atoms with Gasteiger partial charge in [-0.3, -0.25) is 4.79 Å². The summed E-state index contributed by atoms with van der Waals surface area (Å²) in [7, 11) is 0. The highest BCUT2D eigenvalue weighted by Crippen LogP contribution is 2.12. The van der Waals surface area contributed by atoms with Gasteiger partial charge in [0.05, 0.1) is 6.26 Å². The van der Waals surface area contributed by atoms with Crippen LogP contribution in [0.2, 0.25) is 0 Å². The van der Waals surface area contributed by atoms with Crippen molar-refractivity contribution >= 4 is 5.97 Å². The molecular formula is C18H20O3. The minimum Gasteiger partial charge on any atom is -0.434 e. The first-order chi connectivity index (χ1) is 10.3. The predicted molar refractivity (Wildman–Crippen MR) is 82.4 cm³/mol. The predicted octanol–water partition coefficient (Wildman–Crippen LogP) is 4.11. The molecule has 0 amide bonds. The van der Waals surface area contributed by atoms with E-state index in [2.05, 4.69) is 17.8 Å². The maximum atomic E-state index is 11.5. The number of esters is 1. The third-order valence-electron chi connectivity index (χ3n) is 2.81. The second-order valence-corrected chi connectivity index (χ2v) is 4.53. The van der Waals surface area contributed by atoms with Crippen LogP contribution in [0.15, 0.2) is 35.0 Å². The largest absolute Gasteiger partial charge is 0.434 e. The van der Waals surface area contributed by atoms with Crippen LogP contribution in [0.1, 0.15) is 44.9 Å². The van der Waals surface area contributed by atoms with Crippen molar-refractivity contribution in [3.8, 4) is 30.1 Å². The highest BCUT2D eigenvalue weighted by Gasteiger charge is 2.05. The van der Waals surface area contributed by atoms with Crippen molar-refractivity contribution in [1.29, 1.82) is 0 Å². The molecule has 0 unspecified atom stereocenters. The van der Waals surface area contributed by atoms with Gasteiger partial charge in [0.25, 0.3) is 5.95 Å². The van der Waals surface area contributed by atoms with E-state index in [0.717, 1.165) is 38.5 Å². The lowest BCUT2D eigenvalue weighted by Crippen LogP contribution is -2.06. The zero-order valence-corrected chi connectivity index (χ0v) is 12.1. The minimum absolute atomic E-state index is 0.236. The number of carbonyl (C=O) groups is 1. The van der Waals surface area contributed by atoms with E-state index >= 15 is 0 Å². The Balaban J connectivity index is 1.92. The van der Waals surface area contributed by atoms with E-state index in [1.165, 1.54) is 6.26 Å². The first-order valence-corrected chi connectivity index (χ1v) is 7.18. The molecule has 0 bridgehead atoms. The van der Waals surface area contributed by atoms with Crippen LogP contribution in [0.4, 0.5) is 0 Å². The van der Waals surface area contributed by atoms with Crippen LogP contribution in [0.25, 0.3) is 0 Å². The van der Waals surface area contributed by atoms with Crippen molar-refractivity contribution in [3.05, 3.63) is 30.5 Å². The van der Waals surface area contributed by atoms with E-state index in [9.17, 15) is 4.79 Å². The van der Waals surface area contributed by atoms with Gasteiger partial charge in [0.1, 0.15) is 0 Å². The lowest BCUT2D eigenvalue weighted by molar-refractivity contribution is -0.135. The summed E-state index contributed by atoms with van der Waals surface area (Å²) in [6.07, 6.45) is 17.0. The Hall–Kier alpha value is -2.39. The summed E-state index contributed by atoms with van der Waals surface area (Å²) < 4.78 is 9.95. The molecule has 0 saturated carbocycles. The zero-order valence-electron chi connectivity index (χ0n) is 12.1. The summed E-state index contributed by atoms with van der Waals surface area (Å²) in [5, 5.41) is 0. The number of unbranched alkanes of at least 4 members (excludes halogenated alkanes) is 5. The van der Waals surface area contributed by atoms with E-state index in [-0.39, 0.29) is 11.9 Å². The lowest BCUT2D eigenvalue weighted by atomic mass is 10.1. The van der Waals surface area contributed by atoms with Crippen molar-refractivity contribution in [2.75, 3.05) is 0 Å². The Morgan fingerprint density at radius 1 is 1.29 bits per heavy atom. The average Bonchev–Trinajstić information content (AvgIpc) is 2.97. The van der Waals surface area contributed by atoms with Crippen LogP contribution >= 0.6 is 0 Å². The van der Waals surface area contributed by atoms with Gasteiger partial charge in [0.2, 0.25) is 0 Å². The molecule has 0 spiro atoms. The number of furan rings is 1. The maximum absolute atomic E-state index is 11.5. The Morgan fingerprint density at radius 3 is 2.86 bits per heavy atom. The third-order valence-corrected chi connectivity index (χ3v) is 2.81. The summed E-state index contributed by atoms with van der Waals surface area (Å²) in [6.45, 7) is 0. The SMILES string of the molecule is C#CC#CC=CCCCCCCCC(=O)Oc1ccco1. The van der Waals surface area contributed by atoms with Crippen LogP contribution in [-0.2, 0) is 4.79 Å². The molecular weight excluding hydrogens is 264 g/mol. The molecule has 21 heavy (non-hydrogen) atoms. The van der Waals surface area contributed by atoms with E-state index in [4.69, 9.17) is 15.6 Å². The number of carbonyl (C=O) groups excluding carboxylic acids is 1. The van der Waals surface area contributed by atoms with E-state index in [1.54, 1.807) is 18.2 Å². The molecule has 1 heterocycles. The molecule has 110 valence electrons. The van der Waals surface area contributed by atoms with Gasteiger partial charge in [-0.2, -0.15) is 0 Å². The second kappa shape index (κ2) is 11.4. The molecule has 1 rings (SSSR count). The van der Waals surface area contributed by atoms with E-state index < -0.39 is 0 Å². The highest BCUT2D eigenvalue weighted by atomic mass is 16.6.